The molecule has 4 nitrogen and oxygen atoms in total. The molecular weight excluding hydrogens is 200 g/mol. The molecule has 1 aromatic heterocycles. The number of aromatic nitrogens is 2. The molecule has 0 aliphatic heterocycles. The van der Waals surface area contributed by atoms with Crippen molar-refractivity contribution < 1.29 is 0 Å². The van der Waals surface area contributed by atoms with Crippen LogP contribution in [-0.2, 0) is 0 Å². The first-order chi connectivity index (χ1) is 7.58. The molecule has 1 heterocycles. The van der Waals surface area contributed by atoms with Gasteiger partial charge < -0.3 is 5.73 Å². The van der Waals surface area contributed by atoms with E-state index in [1.54, 1.807) is 0 Å². The van der Waals surface area contributed by atoms with Gasteiger partial charge in [-0.05, 0) is 32.0 Å². The molecule has 0 saturated carbocycles. The van der Waals surface area contributed by atoms with Crippen molar-refractivity contribution in [2.24, 2.45) is 5.73 Å². The Morgan fingerprint density at radius 3 is 2.62 bits per heavy atom. The number of aryl methyl sites for hydroxylation is 2. The molecule has 0 amide bonds. The molecule has 0 unspecified atom stereocenters. The van der Waals surface area contributed by atoms with Crippen molar-refractivity contribution in [3.63, 3.8) is 0 Å². The van der Waals surface area contributed by atoms with Gasteiger partial charge in [0.05, 0.1) is 11.4 Å². The quantitative estimate of drug-likeness (QED) is 0.591. The van der Waals surface area contributed by atoms with Crippen LogP contribution in [0.2, 0.25) is 0 Å². The number of nitrogen functional groups attached to an aromatic ring is 1. The molecule has 4 heteroatoms. The second kappa shape index (κ2) is 3.81. The number of benzene rings is 1. The van der Waals surface area contributed by atoms with Crippen LogP contribution in [-0.4, -0.2) is 15.6 Å². The van der Waals surface area contributed by atoms with Crippen molar-refractivity contribution in [2.45, 2.75) is 13.8 Å². The van der Waals surface area contributed by atoms with E-state index in [-0.39, 0.29) is 5.84 Å². The van der Waals surface area contributed by atoms with Crippen LogP contribution < -0.4 is 5.73 Å². The van der Waals surface area contributed by atoms with Crippen molar-refractivity contribution in [1.82, 2.24) is 9.78 Å². The molecule has 0 aliphatic carbocycles. The van der Waals surface area contributed by atoms with Crippen LogP contribution in [0.25, 0.3) is 5.69 Å². The van der Waals surface area contributed by atoms with Gasteiger partial charge in [0, 0.05) is 11.3 Å². The highest BCUT2D eigenvalue weighted by atomic mass is 15.3. The largest absolute Gasteiger partial charge is 0.384 e. The van der Waals surface area contributed by atoms with Crippen molar-refractivity contribution in [1.29, 1.82) is 5.41 Å². The molecule has 0 spiro atoms. The number of nitrogens with one attached hydrogen (secondary N) is 1. The molecule has 0 saturated heterocycles. The topological polar surface area (TPSA) is 67.7 Å². The van der Waals surface area contributed by atoms with Gasteiger partial charge in [0.25, 0.3) is 0 Å². The Labute approximate surface area is 94.2 Å². The second-order valence-electron chi connectivity index (χ2n) is 3.80. The van der Waals surface area contributed by atoms with Gasteiger partial charge in [0.15, 0.2) is 0 Å². The zero-order valence-electron chi connectivity index (χ0n) is 9.36. The Kier molecular flexibility index (Phi) is 2.48. The fraction of sp³-hybridized carbons (Fsp3) is 0.167. The van der Waals surface area contributed by atoms with E-state index in [0.29, 0.717) is 5.56 Å². The number of nitrogens with zero attached hydrogens (tertiary/aromatic N) is 2. The van der Waals surface area contributed by atoms with E-state index >= 15 is 0 Å². The van der Waals surface area contributed by atoms with Crippen LogP contribution in [0.3, 0.4) is 0 Å². The summed E-state index contributed by atoms with van der Waals surface area (Å²) in [4.78, 5) is 0. The van der Waals surface area contributed by atoms with E-state index in [0.717, 1.165) is 17.1 Å². The summed E-state index contributed by atoms with van der Waals surface area (Å²) in [5, 5.41) is 11.8. The first-order valence-electron chi connectivity index (χ1n) is 5.06. The van der Waals surface area contributed by atoms with E-state index in [1.165, 1.54) is 0 Å². The molecular formula is C12H14N4. The Morgan fingerprint density at radius 1 is 1.31 bits per heavy atom. The van der Waals surface area contributed by atoms with Crippen LogP contribution in [0.15, 0.2) is 30.3 Å². The monoisotopic (exact) mass is 214 g/mol. The van der Waals surface area contributed by atoms with E-state index in [9.17, 15) is 0 Å². The van der Waals surface area contributed by atoms with Crippen LogP contribution in [0.4, 0.5) is 0 Å². The summed E-state index contributed by atoms with van der Waals surface area (Å²) in [6.07, 6.45) is 0. The van der Waals surface area contributed by atoms with Gasteiger partial charge in [-0.25, -0.2) is 4.68 Å². The molecule has 82 valence electrons. The number of rotatable bonds is 2. The minimum Gasteiger partial charge on any atom is -0.384 e. The minimum atomic E-state index is 0.0726. The molecule has 0 fully saturated rings. The van der Waals surface area contributed by atoms with Gasteiger partial charge in [-0.1, -0.05) is 12.1 Å². The molecule has 2 rings (SSSR count). The molecule has 16 heavy (non-hydrogen) atoms. The predicted octanol–water partition coefficient (Wildman–Crippen LogP) is 1.77. The maximum atomic E-state index is 7.40. The molecule has 1 aromatic carbocycles. The normalized spacial score (nSPS) is 10.4. The lowest BCUT2D eigenvalue weighted by molar-refractivity contribution is 0.833. The zero-order valence-corrected chi connectivity index (χ0v) is 9.36. The summed E-state index contributed by atoms with van der Waals surface area (Å²) in [6, 6.07) is 9.52. The standard InChI is InChI=1S/C12H14N4/c1-8-6-9(2)16(15-8)11-5-3-4-10(7-11)12(13)14/h3-7H,1-2H3,(H3,13,14). The second-order valence-corrected chi connectivity index (χ2v) is 3.80. The molecule has 2 aromatic rings. The van der Waals surface area contributed by atoms with Gasteiger partial charge in [-0.3, -0.25) is 5.41 Å². The van der Waals surface area contributed by atoms with Crippen molar-refractivity contribution in [2.75, 3.05) is 0 Å². The van der Waals surface area contributed by atoms with E-state index in [2.05, 4.69) is 5.10 Å². The summed E-state index contributed by atoms with van der Waals surface area (Å²) in [6.45, 7) is 3.96. The summed E-state index contributed by atoms with van der Waals surface area (Å²) in [5.41, 5.74) is 9.14. The third-order valence-corrected chi connectivity index (χ3v) is 2.41. The third kappa shape index (κ3) is 1.82. The lowest BCUT2D eigenvalue weighted by Crippen LogP contribution is -2.11. The first kappa shape index (κ1) is 10.4. The molecule has 0 aliphatic rings. The highest BCUT2D eigenvalue weighted by molar-refractivity contribution is 5.95. The van der Waals surface area contributed by atoms with Crippen molar-refractivity contribution in [3.8, 4) is 5.69 Å². The van der Waals surface area contributed by atoms with Gasteiger partial charge in [0.1, 0.15) is 5.84 Å². The third-order valence-electron chi connectivity index (χ3n) is 2.41. The average Bonchev–Trinajstić information content (AvgIpc) is 2.58. The summed E-state index contributed by atoms with van der Waals surface area (Å²) < 4.78 is 1.85. The van der Waals surface area contributed by atoms with Gasteiger partial charge in [-0.2, -0.15) is 5.10 Å². The summed E-state index contributed by atoms with van der Waals surface area (Å²) in [5.74, 6) is 0.0726. The van der Waals surface area contributed by atoms with E-state index < -0.39 is 0 Å². The van der Waals surface area contributed by atoms with Gasteiger partial charge in [0.2, 0.25) is 0 Å². The van der Waals surface area contributed by atoms with Crippen LogP contribution in [0.5, 0.6) is 0 Å². The Morgan fingerprint density at radius 2 is 2.06 bits per heavy atom. The van der Waals surface area contributed by atoms with Crippen LogP contribution in [0.1, 0.15) is 17.0 Å². The van der Waals surface area contributed by atoms with Crippen LogP contribution >= 0.6 is 0 Å². The number of nitrogens with two attached hydrogens (primary N) is 1. The van der Waals surface area contributed by atoms with Gasteiger partial charge in [-0.15, -0.1) is 0 Å². The Balaban J connectivity index is 2.52. The Hall–Kier alpha value is -2.10. The zero-order chi connectivity index (χ0) is 11.7. The fourth-order valence-electron chi connectivity index (χ4n) is 1.70. The lowest BCUT2D eigenvalue weighted by atomic mass is 10.2. The van der Waals surface area contributed by atoms with E-state index in [4.69, 9.17) is 11.1 Å². The average molecular weight is 214 g/mol. The van der Waals surface area contributed by atoms with Gasteiger partial charge >= 0.3 is 0 Å². The maximum absolute atomic E-state index is 7.40. The maximum Gasteiger partial charge on any atom is 0.122 e. The van der Waals surface area contributed by atoms with Crippen LogP contribution in [0, 0.1) is 19.3 Å². The number of amidine groups is 1. The molecule has 0 radical (unpaired) electrons. The smallest absolute Gasteiger partial charge is 0.122 e. The molecule has 0 bridgehead atoms. The highest BCUT2D eigenvalue weighted by Crippen LogP contribution is 2.13. The summed E-state index contributed by atoms with van der Waals surface area (Å²) >= 11 is 0. The SMILES string of the molecule is Cc1cc(C)n(-c2cccc(C(=N)N)c2)n1. The minimum absolute atomic E-state index is 0.0726. The Bertz CT molecular complexity index is 540. The summed E-state index contributed by atoms with van der Waals surface area (Å²) in [7, 11) is 0. The predicted molar refractivity (Wildman–Crippen MR) is 64.1 cm³/mol. The first-order valence-corrected chi connectivity index (χ1v) is 5.06. The molecule has 0 atom stereocenters. The number of hydrogen-bond acceptors (Lipinski definition) is 2. The lowest BCUT2D eigenvalue weighted by Gasteiger charge is -2.06. The van der Waals surface area contributed by atoms with E-state index in [1.807, 2.05) is 48.9 Å². The highest BCUT2D eigenvalue weighted by Gasteiger charge is 2.04. The fourth-order valence-corrected chi connectivity index (χ4v) is 1.70. The molecule has 3 N–H and O–H groups in total. The number of hydrogen-bond donors (Lipinski definition) is 2. The van der Waals surface area contributed by atoms with Crippen molar-refractivity contribution >= 4 is 5.84 Å². The van der Waals surface area contributed by atoms with Crippen molar-refractivity contribution in [3.05, 3.63) is 47.3 Å².